The predicted octanol–water partition coefficient (Wildman–Crippen LogP) is 3.12. The molecule has 3 heterocycles. The smallest absolute Gasteiger partial charge is 0.345 e. The summed E-state index contributed by atoms with van der Waals surface area (Å²) in [4.78, 5) is 12.7. The standard InChI is InChI=1S/C21H14N6O2/c28-21-18(10-15-6-4-5-9-19(15)29-21)20-16(11-24-26-13-22-23-14-26)12-27(25-20)17-7-2-1-3-8-17/h1-14H/b24-11-. The van der Waals surface area contributed by atoms with Crippen LogP contribution in [0.3, 0.4) is 0 Å². The molecule has 0 saturated heterocycles. The quantitative estimate of drug-likeness (QED) is 0.352. The van der Waals surface area contributed by atoms with Crippen LogP contribution < -0.4 is 5.63 Å². The molecule has 0 unspecified atom stereocenters. The zero-order valence-electron chi connectivity index (χ0n) is 15.1. The van der Waals surface area contributed by atoms with Crippen molar-refractivity contribution in [3.05, 3.63) is 95.5 Å². The predicted molar refractivity (Wildman–Crippen MR) is 108 cm³/mol. The molecule has 2 aromatic carbocycles. The van der Waals surface area contributed by atoms with Crippen molar-refractivity contribution >= 4 is 17.2 Å². The molecule has 3 aromatic heterocycles. The molecule has 5 rings (SSSR count). The van der Waals surface area contributed by atoms with E-state index in [0.29, 0.717) is 22.4 Å². The molecular weight excluding hydrogens is 368 g/mol. The average Bonchev–Trinajstić information content (AvgIpc) is 3.42. The summed E-state index contributed by atoms with van der Waals surface area (Å²) in [5, 5.41) is 17.2. The molecule has 0 N–H and O–H groups in total. The minimum Gasteiger partial charge on any atom is -0.422 e. The Morgan fingerprint density at radius 1 is 0.966 bits per heavy atom. The van der Waals surface area contributed by atoms with E-state index in [1.54, 1.807) is 23.0 Å². The van der Waals surface area contributed by atoms with Gasteiger partial charge in [0.25, 0.3) is 0 Å². The summed E-state index contributed by atoms with van der Waals surface area (Å²) < 4.78 is 8.66. The van der Waals surface area contributed by atoms with Crippen LogP contribution >= 0.6 is 0 Å². The molecule has 8 heteroatoms. The van der Waals surface area contributed by atoms with Gasteiger partial charge in [-0.2, -0.15) is 10.2 Å². The van der Waals surface area contributed by atoms with Gasteiger partial charge in [0.05, 0.1) is 17.5 Å². The lowest BCUT2D eigenvalue weighted by Gasteiger charge is -2.01. The van der Waals surface area contributed by atoms with Gasteiger partial charge in [0.1, 0.15) is 23.9 Å². The third-order valence-electron chi connectivity index (χ3n) is 4.40. The number of para-hydroxylation sites is 2. The van der Waals surface area contributed by atoms with Crippen molar-refractivity contribution in [2.75, 3.05) is 0 Å². The van der Waals surface area contributed by atoms with E-state index in [0.717, 1.165) is 11.1 Å². The van der Waals surface area contributed by atoms with Crippen molar-refractivity contribution in [1.29, 1.82) is 0 Å². The maximum absolute atomic E-state index is 12.7. The van der Waals surface area contributed by atoms with Crippen LogP contribution in [0, 0.1) is 0 Å². The van der Waals surface area contributed by atoms with E-state index in [4.69, 9.17) is 4.42 Å². The molecule has 0 radical (unpaired) electrons. The van der Waals surface area contributed by atoms with Gasteiger partial charge in [-0.25, -0.2) is 14.2 Å². The summed E-state index contributed by atoms with van der Waals surface area (Å²) in [6.45, 7) is 0. The van der Waals surface area contributed by atoms with Gasteiger partial charge >= 0.3 is 5.63 Å². The van der Waals surface area contributed by atoms with E-state index in [1.165, 1.54) is 17.3 Å². The summed E-state index contributed by atoms with van der Waals surface area (Å²) in [5.41, 5.74) is 2.44. The topological polar surface area (TPSA) is 91.1 Å². The Bertz CT molecular complexity index is 1370. The van der Waals surface area contributed by atoms with Crippen LogP contribution in [0.15, 0.2) is 93.8 Å². The van der Waals surface area contributed by atoms with Gasteiger partial charge in [-0.3, -0.25) is 0 Å². The molecule has 140 valence electrons. The molecule has 0 aliphatic carbocycles. The van der Waals surface area contributed by atoms with Gasteiger partial charge in [0, 0.05) is 17.1 Å². The van der Waals surface area contributed by atoms with Crippen LogP contribution in [0.4, 0.5) is 0 Å². The number of nitrogens with zero attached hydrogens (tertiary/aromatic N) is 6. The van der Waals surface area contributed by atoms with Crippen LogP contribution in [0.2, 0.25) is 0 Å². The van der Waals surface area contributed by atoms with E-state index in [-0.39, 0.29) is 0 Å². The fourth-order valence-electron chi connectivity index (χ4n) is 3.01. The maximum atomic E-state index is 12.7. The second-order valence-corrected chi connectivity index (χ2v) is 6.28. The first-order valence-corrected chi connectivity index (χ1v) is 8.85. The van der Waals surface area contributed by atoms with Crippen molar-refractivity contribution in [2.45, 2.75) is 0 Å². The summed E-state index contributed by atoms with van der Waals surface area (Å²) in [7, 11) is 0. The molecule has 0 bridgehead atoms. The Labute approximate surface area is 164 Å². The number of hydrogen-bond acceptors (Lipinski definition) is 6. The van der Waals surface area contributed by atoms with Crippen molar-refractivity contribution in [1.82, 2.24) is 24.7 Å². The monoisotopic (exact) mass is 382 g/mol. The lowest BCUT2D eigenvalue weighted by atomic mass is 10.1. The van der Waals surface area contributed by atoms with Crippen LogP contribution in [0.1, 0.15) is 5.56 Å². The third-order valence-corrected chi connectivity index (χ3v) is 4.40. The first-order chi connectivity index (χ1) is 14.3. The van der Waals surface area contributed by atoms with Crippen molar-refractivity contribution in [2.24, 2.45) is 5.10 Å². The SMILES string of the molecule is O=c1oc2ccccc2cc1-c1nn(-c2ccccc2)cc1/C=N\n1cnnc1. The minimum absolute atomic E-state index is 0.364. The molecule has 0 amide bonds. The lowest BCUT2D eigenvalue weighted by Crippen LogP contribution is -2.05. The highest BCUT2D eigenvalue weighted by Crippen LogP contribution is 2.23. The molecule has 8 nitrogen and oxygen atoms in total. The van der Waals surface area contributed by atoms with Crippen LogP contribution in [0.5, 0.6) is 0 Å². The third kappa shape index (κ3) is 3.23. The molecule has 0 spiro atoms. The molecule has 29 heavy (non-hydrogen) atoms. The number of fused-ring (bicyclic) bond motifs is 1. The summed E-state index contributed by atoms with van der Waals surface area (Å²) in [6.07, 6.45) is 6.37. The highest BCUT2D eigenvalue weighted by molar-refractivity contribution is 5.90. The van der Waals surface area contributed by atoms with E-state index >= 15 is 0 Å². The Morgan fingerprint density at radius 2 is 1.72 bits per heavy atom. The van der Waals surface area contributed by atoms with Gasteiger partial charge in [-0.15, -0.1) is 10.2 Å². The Hall–Kier alpha value is -4.33. The highest BCUT2D eigenvalue weighted by atomic mass is 16.4. The lowest BCUT2D eigenvalue weighted by molar-refractivity contribution is 0.563. The van der Waals surface area contributed by atoms with Gasteiger partial charge in [-0.1, -0.05) is 36.4 Å². The second-order valence-electron chi connectivity index (χ2n) is 6.28. The number of aromatic nitrogens is 5. The molecule has 0 saturated carbocycles. The van der Waals surface area contributed by atoms with E-state index < -0.39 is 5.63 Å². The largest absolute Gasteiger partial charge is 0.422 e. The van der Waals surface area contributed by atoms with Crippen molar-refractivity contribution in [3.63, 3.8) is 0 Å². The zero-order chi connectivity index (χ0) is 19.6. The second kappa shape index (κ2) is 7.01. The number of benzene rings is 2. The molecular formula is C21H14N6O2. The fraction of sp³-hybridized carbons (Fsp3) is 0. The summed E-state index contributed by atoms with van der Waals surface area (Å²) >= 11 is 0. The van der Waals surface area contributed by atoms with Crippen LogP contribution in [-0.4, -0.2) is 30.9 Å². The minimum atomic E-state index is -0.457. The van der Waals surface area contributed by atoms with Gasteiger partial charge in [-0.05, 0) is 24.3 Å². The van der Waals surface area contributed by atoms with Crippen LogP contribution in [-0.2, 0) is 0 Å². The highest BCUT2D eigenvalue weighted by Gasteiger charge is 2.16. The number of rotatable bonds is 4. The molecule has 0 atom stereocenters. The van der Waals surface area contributed by atoms with E-state index in [9.17, 15) is 4.79 Å². The normalized spacial score (nSPS) is 11.4. The average molecular weight is 382 g/mol. The van der Waals surface area contributed by atoms with E-state index in [2.05, 4.69) is 20.4 Å². The summed E-state index contributed by atoms with van der Waals surface area (Å²) in [6, 6.07) is 18.8. The van der Waals surface area contributed by atoms with Crippen molar-refractivity contribution in [3.8, 4) is 16.9 Å². The Morgan fingerprint density at radius 3 is 2.55 bits per heavy atom. The Kier molecular flexibility index (Phi) is 4.06. The van der Waals surface area contributed by atoms with E-state index in [1.807, 2.05) is 54.7 Å². The molecule has 5 aromatic rings. The molecule has 0 aliphatic heterocycles. The van der Waals surface area contributed by atoms with Crippen LogP contribution in [0.25, 0.3) is 27.9 Å². The van der Waals surface area contributed by atoms with Crippen molar-refractivity contribution < 1.29 is 4.42 Å². The maximum Gasteiger partial charge on any atom is 0.345 e. The Balaban J connectivity index is 1.69. The molecule has 0 fully saturated rings. The zero-order valence-corrected chi connectivity index (χ0v) is 15.1. The van der Waals surface area contributed by atoms with Gasteiger partial charge < -0.3 is 4.42 Å². The van der Waals surface area contributed by atoms with Gasteiger partial charge in [0.15, 0.2) is 0 Å². The number of hydrogen-bond donors (Lipinski definition) is 0. The van der Waals surface area contributed by atoms with Gasteiger partial charge in [0.2, 0.25) is 0 Å². The fourth-order valence-corrected chi connectivity index (χ4v) is 3.01. The molecule has 0 aliphatic rings. The first kappa shape index (κ1) is 16.8. The first-order valence-electron chi connectivity index (χ1n) is 8.85. The summed E-state index contributed by atoms with van der Waals surface area (Å²) in [5.74, 6) is 0.